The number of nitrogens with two attached hydrogens (primary N) is 1. The van der Waals surface area contributed by atoms with Crippen molar-refractivity contribution in [3.05, 3.63) is 53.1 Å². The highest BCUT2D eigenvalue weighted by atomic mass is 35.5. The summed E-state index contributed by atoms with van der Waals surface area (Å²) in [6.45, 7) is 0.497. The first-order chi connectivity index (χ1) is 8.19. The van der Waals surface area contributed by atoms with E-state index in [0.717, 1.165) is 15.4 Å². The van der Waals surface area contributed by atoms with Crippen LogP contribution >= 0.6 is 23.4 Å². The maximum absolute atomic E-state index is 12.9. The van der Waals surface area contributed by atoms with Gasteiger partial charge in [0.05, 0.1) is 5.02 Å². The summed E-state index contributed by atoms with van der Waals surface area (Å²) in [7, 11) is 0. The second-order valence-electron chi connectivity index (χ2n) is 3.40. The molecule has 0 atom stereocenters. The number of halogens is 2. The maximum atomic E-state index is 12.9. The lowest BCUT2D eigenvalue weighted by atomic mass is 10.2. The highest BCUT2D eigenvalue weighted by Gasteiger charge is 2.04. The first kappa shape index (κ1) is 12.4. The molecule has 0 aliphatic heterocycles. The Labute approximate surface area is 108 Å². The number of pyridine rings is 1. The predicted molar refractivity (Wildman–Crippen MR) is 67.7 cm³/mol. The zero-order chi connectivity index (χ0) is 12.3. The number of rotatable bonds is 3. The van der Waals surface area contributed by atoms with Gasteiger partial charge >= 0.3 is 0 Å². The Hall–Kier alpha value is -1.10. The second-order valence-corrected chi connectivity index (χ2v) is 4.95. The van der Waals surface area contributed by atoms with Gasteiger partial charge in [0.25, 0.3) is 0 Å². The van der Waals surface area contributed by atoms with Gasteiger partial charge in [-0.05, 0) is 23.8 Å². The van der Waals surface area contributed by atoms with Gasteiger partial charge in [0, 0.05) is 22.5 Å². The molecule has 1 heterocycles. The van der Waals surface area contributed by atoms with Crippen LogP contribution < -0.4 is 5.73 Å². The van der Waals surface area contributed by atoms with Gasteiger partial charge in [0.2, 0.25) is 5.95 Å². The summed E-state index contributed by atoms with van der Waals surface area (Å²) >= 11 is 7.14. The molecular weight excluding hydrogens is 259 g/mol. The largest absolute Gasteiger partial charge is 0.326 e. The van der Waals surface area contributed by atoms with E-state index >= 15 is 0 Å². The van der Waals surface area contributed by atoms with Crippen molar-refractivity contribution in [3.8, 4) is 0 Å². The van der Waals surface area contributed by atoms with Crippen molar-refractivity contribution in [1.29, 1.82) is 0 Å². The molecule has 1 aromatic heterocycles. The molecular formula is C12H10ClFN2S. The average Bonchev–Trinajstić information content (AvgIpc) is 2.34. The predicted octanol–water partition coefficient (Wildman–Crippen LogP) is 3.48. The topological polar surface area (TPSA) is 38.9 Å². The Bertz CT molecular complexity index is 534. The third-order valence-corrected chi connectivity index (χ3v) is 3.35. The first-order valence-corrected chi connectivity index (χ1v) is 6.16. The van der Waals surface area contributed by atoms with Crippen LogP contribution in [0.3, 0.4) is 0 Å². The van der Waals surface area contributed by atoms with Gasteiger partial charge in [-0.1, -0.05) is 35.5 Å². The van der Waals surface area contributed by atoms with Crippen molar-refractivity contribution in [3.63, 3.8) is 0 Å². The Morgan fingerprint density at radius 2 is 2.12 bits per heavy atom. The normalized spacial score (nSPS) is 10.5. The molecule has 0 radical (unpaired) electrons. The van der Waals surface area contributed by atoms with Crippen LogP contribution in [-0.4, -0.2) is 4.98 Å². The minimum absolute atomic E-state index is 0.0324. The van der Waals surface area contributed by atoms with E-state index in [-0.39, 0.29) is 5.02 Å². The summed E-state index contributed by atoms with van der Waals surface area (Å²) in [5, 5.41) is 0.0324. The molecule has 0 amide bonds. The lowest BCUT2D eigenvalue weighted by molar-refractivity contribution is 0.582. The van der Waals surface area contributed by atoms with Gasteiger partial charge in [0.1, 0.15) is 0 Å². The van der Waals surface area contributed by atoms with E-state index in [9.17, 15) is 4.39 Å². The van der Waals surface area contributed by atoms with Gasteiger partial charge in [-0.3, -0.25) is 0 Å². The molecule has 0 bridgehead atoms. The van der Waals surface area contributed by atoms with Crippen LogP contribution in [0.2, 0.25) is 5.02 Å². The zero-order valence-corrected chi connectivity index (χ0v) is 10.4. The summed E-state index contributed by atoms with van der Waals surface area (Å²) in [5.41, 5.74) is 6.62. The SMILES string of the molecule is NCc1cccc(Sc2cnc(F)c(Cl)c2)c1. The highest BCUT2D eigenvalue weighted by molar-refractivity contribution is 7.99. The molecule has 1 aromatic carbocycles. The molecule has 2 aromatic rings. The summed E-state index contributed by atoms with van der Waals surface area (Å²) < 4.78 is 12.9. The average molecular weight is 269 g/mol. The molecule has 0 saturated heterocycles. The molecule has 2 N–H and O–H groups in total. The number of hydrogen-bond acceptors (Lipinski definition) is 3. The van der Waals surface area contributed by atoms with E-state index in [4.69, 9.17) is 17.3 Å². The monoisotopic (exact) mass is 268 g/mol. The number of benzene rings is 1. The van der Waals surface area contributed by atoms with E-state index < -0.39 is 5.95 Å². The lowest BCUT2D eigenvalue weighted by Gasteiger charge is -2.04. The van der Waals surface area contributed by atoms with Crippen molar-refractivity contribution in [2.24, 2.45) is 5.73 Å². The lowest BCUT2D eigenvalue weighted by Crippen LogP contribution is -1.95. The smallest absolute Gasteiger partial charge is 0.231 e. The molecule has 0 aliphatic rings. The Morgan fingerprint density at radius 1 is 1.29 bits per heavy atom. The van der Waals surface area contributed by atoms with Crippen molar-refractivity contribution < 1.29 is 4.39 Å². The third kappa shape index (κ3) is 3.19. The van der Waals surface area contributed by atoms with Crippen LogP contribution in [0.1, 0.15) is 5.56 Å². The fourth-order valence-electron chi connectivity index (χ4n) is 1.33. The molecule has 2 rings (SSSR count). The van der Waals surface area contributed by atoms with Crippen molar-refractivity contribution in [2.45, 2.75) is 16.3 Å². The van der Waals surface area contributed by atoms with Gasteiger partial charge in [-0.25, -0.2) is 4.98 Å². The number of hydrogen-bond donors (Lipinski definition) is 1. The first-order valence-electron chi connectivity index (χ1n) is 4.97. The molecule has 2 nitrogen and oxygen atoms in total. The van der Waals surface area contributed by atoms with Gasteiger partial charge in [0.15, 0.2) is 0 Å². The summed E-state index contributed by atoms with van der Waals surface area (Å²) in [4.78, 5) is 5.40. The van der Waals surface area contributed by atoms with E-state index in [1.165, 1.54) is 18.0 Å². The third-order valence-electron chi connectivity index (χ3n) is 2.14. The van der Waals surface area contributed by atoms with Crippen molar-refractivity contribution in [1.82, 2.24) is 4.98 Å². The van der Waals surface area contributed by atoms with Crippen molar-refractivity contribution >= 4 is 23.4 Å². The van der Waals surface area contributed by atoms with Crippen LogP contribution in [0.5, 0.6) is 0 Å². The molecule has 0 aliphatic carbocycles. The van der Waals surface area contributed by atoms with E-state index in [0.29, 0.717) is 6.54 Å². The Kier molecular flexibility index (Phi) is 3.99. The van der Waals surface area contributed by atoms with Gasteiger partial charge in [-0.15, -0.1) is 0 Å². The van der Waals surface area contributed by atoms with Crippen LogP contribution in [0.25, 0.3) is 0 Å². The minimum atomic E-state index is -0.647. The Morgan fingerprint density at radius 3 is 2.82 bits per heavy atom. The van der Waals surface area contributed by atoms with E-state index in [1.807, 2.05) is 24.3 Å². The molecule has 17 heavy (non-hydrogen) atoms. The molecule has 0 saturated carbocycles. The summed E-state index contributed by atoms with van der Waals surface area (Å²) in [5.74, 6) is -0.647. The minimum Gasteiger partial charge on any atom is -0.326 e. The zero-order valence-electron chi connectivity index (χ0n) is 8.86. The standard InChI is InChI=1S/C12H10ClFN2S/c13-11-5-10(7-16-12(11)14)17-9-3-1-2-8(4-9)6-15/h1-5,7H,6,15H2. The molecule has 0 unspecified atom stereocenters. The summed E-state index contributed by atoms with van der Waals surface area (Å²) in [6, 6.07) is 9.40. The highest BCUT2D eigenvalue weighted by Crippen LogP contribution is 2.29. The van der Waals surface area contributed by atoms with Gasteiger partial charge < -0.3 is 5.73 Å². The maximum Gasteiger partial charge on any atom is 0.231 e. The van der Waals surface area contributed by atoms with Crippen molar-refractivity contribution in [2.75, 3.05) is 0 Å². The van der Waals surface area contributed by atoms with Crippen LogP contribution in [0, 0.1) is 5.95 Å². The van der Waals surface area contributed by atoms with Crippen LogP contribution in [-0.2, 0) is 6.54 Å². The Balaban J connectivity index is 2.22. The fraction of sp³-hybridized carbons (Fsp3) is 0.0833. The molecule has 0 fully saturated rings. The quantitative estimate of drug-likeness (QED) is 0.866. The van der Waals surface area contributed by atoms with Crippen LogP contribution in [0.15, 0.2) is 46.3 Å². The van der Waals surface area contributed by atoms with Crippen LogP contribution in [0.4, 0.5) is 4.39 Å². The number of nitrogens with zero attached hydrogens (tertiary/aromatic N) is 1. The van der Waals surface area contributed by atoms with E-state index in [1.54, 1.807) is 6.07 Å². The summed E-state index contributed by atoms with van der Waals surface area (Å²) in [6.07, 6.45) is 1.46. The van der Waals surface area contributed by atoms with E-state index in [2.05, 4.69) is 4.98 Å². The second kappa shape index (κ2) is 5.49. The molecule has 0 spiro atoms. The fourth-order valence-corrected chi connectivity index (χ4v) is 2.47. The van der Waals surface area contributed by atoms with Gasteiger partial charge in [-0.2, -0.15) is 4.39 Å². The molecule has 88 valence electrons. The number of aromatic nitrogens is 1. The molecule has 5 heteroatoms.